The molecule has 2 rings (SSSR count). The summed E-state index contributed by atoms with van der Waals surface area (Å²) < 4.78 is 6.86. The first kappa shape index (κ1) is 16.4. The highest BCUT2D eigenvalue weighted by molar-refractivity contribution is 9.11. The highest BCUT2D eigenvalue weighted by atomic mass is 79.9. The van der Waals surface area contributed by atoms with Crippen LogP contribution in [0.1, 0.15) is 31.2 Å². The van der Waals surface area contributed by atoms with E-state index in [1.165, 1.54) is 4.88 Å². The predicted molar refractivity (Wildman–Crippen MR) is 86.0 cm³/mol. The first-order valence-electron chi connectivity index (χ1n) is 7.06. The molecule has 0 aliphatic carbocycles. The van der Waals surface area contributed by atoms with Crippen LogP contribution in [0.3, 0.4) is 0 Å². The summed E-state index contributed by atoms with van der Waals surface area (Å²) in [5.74, 6) is 0. The first-order chi connectivity index (χ1) is 9.55. The molecule has 0 amide bonds. The summed E-state index contributed by atoms with van der Waals surface area (Å²) in [6.07, 6.45) is 0.931. The van der Waals surface area contributed by atoms with Crippen molar-refractivity contribution >= 4 is 27.3 Å². The first-order valence-corrected chi connectivity index (χ1v) is 8.67. The van der Waals surface area contributed by atoms with E-state index in [9.17, 15) is 5.11 Å². The summed E-state index contributed by atoms with van der Waals surface area (Å²) in [4.78, 5) is 3.64. The Labute approximate surface area is 133 Å². The van der Waals surface area contributed by atoms with Crippen molar-refractivity contribution in [1.29, 1.82) is 0 Å². The normalized spacial score (nSPS) is 27.4. The smallest absolute Gasteiger partial charge is 0.0936 e. The zero-order chi connectivity index (χ0) is 14.7. The van der Waals surface area contributed by atoms with Crippen LogP contribution in [0.25, 0.3) is 0 Å². The van der Waals surface area contributed by atoms with Gasteiger partial charge >= 0.3 is 0 Å². The number of nitrogens with zero attached hydrogens (tertiary/aromatic N) is 1. The highest BCUT2D eigenvalue weighted by Gasteiger charge is 2.33. The minimum Gasteiger partial charge on any atom is -0.394 e. The number of aliphatic hydroxyl groups is 1. The second kappa shape index (κ2) is 7.33. The molecular formula is C14H23BrN2O2S. The van der Waals surface area contributed by atoms with E-state index in [-0.39, 0.29) is 30.9 Å². The fraction of sp³-hybridized carbons (Fsp3) is 0.714. The Morgan fingerprint density at radius 3 is 2.85 bits per heavy atom. The fourth-order valence-electron chi connectivity index (χ4n) is 2.78. The fourth-order valence-corrected chi connectivity index (χ4v) is 4.42. The van der Waals surface area contributed by atoms with Crippen molar-refractivity contribution in [3.05, 3.63) is 20.8 Å². The van der Waals surface area contributed by atoms with E-state index in [1.807, 2.05) is 6.92 Å². The molecule has 114 valence electrons. The molecule has 2 heterocycles. The third kappa shape index (κ3) is 3.81. The van der Waals surface area contributed by atoms with Crippen LogP contribution in [0.15, 0.2) is 15.9 Å². The number of halogens is 1. The van der Waals surface area contributed by atoms with Crippen molar-refractivity contribution in [2.75, 3.05) is 19.7 Å². The zero-order valence-electron chi connectivity index (χ0n) is 12.0. The van der Waals surface area contributed by atoms with Gasteiger partial charge in [-0.25, -0.2) is 0 Å². The van der Waals surface area contributed by atoms with Gasteiger partial charge in [0.15, 0.2) is 0 Å². The van der Waals surface area contributed by atoms with Gasteiger partial charge in [0, 0.05) is 24.0 Å². The molecule has 0 spiro atoms. The molecule has 0 radical (unpaired) electrons. The Kier molecular flexibility index (Phi) is 6.01. The van der Waals surface area contributed by atoms with Crippen molar-refractivity contribution < 1.29 is 9.84 Å². The van der Waals surface area contributed by atoms with E-state index >= 15 is 0 Å². The second-order valence-corrected chi connectivity index (χ2v) is 7.86. The number of aliphatic hydroxyl groups excluding tert-OH is 1. The van der Waals surface area contributed by atoms with Gasteiger partial charge in [-0.3, -0.25) is 4.90 Å². The van der Waals surface area contributed by atoms with E-state index in [4.69, 9.17) is 10.5 Å². The van der Waals surface area contributed by atoms with Crippen LogP contribution in [-0.4, -0.2) is 48.0 Å². The number of hydrogen-bond acceptors (Lipinski definition) is 5. The van der Waals surface area contributed by atoms with Crippen LogP contribution in [-0.2, 0) is 4.74 Å². The molecule has 1 aliphatic rings. The van der Waals surface area contributed by atoms with Crippen molar-refractivity contribution in [1.82, 2.24) is 4.90 Å². The van der Waals surface area contributed by atoms with Gasteiger partial charge in [0.25, 0.3) is 0 Å². The number of rotatable bonds is 5. The van der Waals surface area contributed by atoms with Crippen LogP contribution in [0, 0.1) is 0 Å². The van der Waals surface area contributed by atoms with Crippen molar-refractivity contribution in [3.8, 4) is 0 Å². The van der Waals surface area contributed by atoms with Crippen LogP contribution >= 0.6 is 27.3 Å². The molecule has 4 nitrogen and oxygen atoms in total. The molecule has 1 aliphatic heterocycles. The van der Waals surface area contributed by atoms with Crippen LogP contribution < -0.4 is 5.73 Å². The summed E-state index contributed by atoms with van der Waals surface area (Å²) in [6, 6.07) is 4.49. The SMILES string of the molecule is CCC(N)C(c1ccc(Br)s1)N1CC(C)OC(CO)C1. The number of ether oxygens (including phenoxy) is 1. The van der Waals surface area contributed by atoms with E-state index in [0.29, 0.717) is 0 Å². The lowest BCUT2D eigenvalue weighted by Crippen LogP contribution is -2.52. The molecule has 20 heavy (non-hydrogen) atoms. The molecule has 0 aromatic carbocycles. The summed E-state index contributed by atoms with van der Waals surface area (Å²) in [5.41, 5.74) is 6.37. The quantitative estimate of drug-likeness (QED) is 0.843. The Morgan fingerprint density at radius 2 is 2.30 bits per heavy atom. The summed E-state index contributed by atoms with van der Waals surface area (Å²) in [6.45, 7) is 5.81. The molecule has 4 atom stereocenters. The molecule has 1 aromatic heterocycles. The molecule has 0 bridgehead atoms. The van der Waals surface area contributed by atoms with Gasteiger partial charge in [-0.1, -0.05) is 6.92 Å². The van der Waals surface area contributed by atoms with E-state index in [2.05, 4.69) is 39.9 Å². The Bertz CT molecular complexity index is 429. The third-order valence-corrected chi connectivity index (χ3v) is 5.41. The molecule has 0 saturated carbocycles. The lowest BCUT2D eigenvalue weighted by molar-refractivity contribution is -0.108. The molecule has 6 heteroatoms. The Hall–Kier alpha value is 0.0200. The van der Waals surface area contributed by atoms with Gasteiger partial charge in [-0.05, 0) is 41.4 Å². The van der Waals surface area contributed by atoms with E-state index in [1.54, 1.807) is 11.3 Å². The van der Waals surface area contributed by atoms with Gasteiger partial charge in [0.2, 0.25) is 0 Å². The van der Waals surface area contributed by atoms with Gasteiger partial charge in [0.1, 0.15) is 0 Å². The third-order valence-electron chi connectivity index (χ3n) is 3.71. The standard InChI is InChI=1S/C14H23BrN2O2S/c1-3-11(16)14(12-4-5-13(15)20-12)17-6-9(2)19-10(7-17)8-18/h4-5,9-11,14,18H,3,6-8,16H2,1-2H3. The average molecular weight is 363 g/mol. The largest absolute Gasteiger partial charge is 0.394 e. The highest BCUT2D eigenvalue weighted by Crippen LogP contribution is 2.34. The summed E-state index contributed by atoms with van der Waals surface area (Å²) in [5, 5.41) is 9.39. The maximum atomic E-state index is 9.39. The van der Waals surface area contributed by atoms with Gasteiger partial charge < -0.3 is 15.6 Å². The summed E-state index contributed by atoms with van der Waals surface area (Å²) in [7, 11) is 0. The zero-order valence-corrected chi connectivity index (χ0v) is 14.4. The van der Waals surface area contributed by atoms with Gasteiger partial charge in [-0.2, -0.15) is 0 Å². The Balaban J connectivity index is 2.22. The molecule has 1 fully saturated rings. The minimum absolute atomic E-state index is 0.0586. The van der Waals surface area contributed by atoms with Gasteiger partial charge in [-0.15, -0.1) is 11.3 Å². The molecule has 4 unspecified atom stereocenters. The maximum absolute atomic E-state index is 9.39. The lowest BCUT2D eigenvalue weighted by Gasteiger charge is -2.42. The second-order valence-electron chi connectivity index (χ2n) is 5.36. The number of nitrogens with two attached hydrogens (primary N) is 1. The molecule has 1 aromatic rings. The van der Waals surface area contributed by atoms with Crippen molar-refractivity contribution in [3.63, 3.8) is 0 Å². The predicted octanol–water partition coefficient (Wildman–Crippen LogP) is 2.37. The number of hydrogen-bond donors (Lipinski definition) is 2. The van der Waals surface area contributed by atoms with E-state index < -0.39 is 0 Å². The molecular weight excluding hydrogens is 340 g/mol. The van der Waals surface area contributed by atoms with Crippen LogP contribution in [0.5, 0.6) is 0 Å². The van der Waals surface area contributed by atoms with Gasteiger partial charge in [0.05, 0.1) is 28.6 Å². The van der Waals surface area contributed by atoms with Crippen LogP contribution in [0.4, 0.5) is 0 Å². The number of morpholine rings is 1. The minimum atomic E-state index is -0.117. The molecule has 1 saturated heterocycles. The average Bonchev–Trinajstić information content (AvgIpc) is 2.84. The monoisotopic (exact) mass is 362 g/mol. The lowest BCUT2D eigenvalue weighted by atomic mass is 10.0. The topological polar surface area (TPSA) is 58.7 Å². The Morgan fingerprint density at radius 1 is 1.55 bits per heavy atom. The summed E-state index contributed by atoms with van der Waals surface area (Å²) >= 11 is 5.26. The van der Waals surface area contributed by atoms with Crippen molar-refractivity contribution in [2.24, 2.45) is 5.73 Å². The number of thiophene rings is 1. The van der Waals surface area contributed by atoms with Crippen molar-refractivity contribution in [2.45, 2.75) is 44.6 Å². The maximum Gasteiger partial charge on any atom is 0.0936 e. The molecule has 3 N–H and O–H groups in total. The van der Waals surface area contributed by atoms with Crippen LogP contribution in [0.2, 0.25) is 0 Å². The van der Waals surface area contributed by atoms with E-state index in [0.717, 1.165) is 23.3 Å².